The Morgan fingerprint density at radius 2 is 2.05 bits per heavy atom. The standard InChI is InChI=1S/C14H26N2O4/c1-9(2)10(5-6-15)3-4-13(17)16-12-8-20-7-11(12)14(18)19/h9-12H,3-8,15H2,1-2H3,(H,16,17)(H,18,19). The molecule has 0 saturated carbocycles. The molecule has 116 valence electrons. The van der Waals surface area contributed by atoms with Crippen LogP contribution in [-0.4, -0.2) is 42.8 Å². The van der Waals surface area contributed by atoms with E-state index < -0.39 is 17.9 Å². The zero-order valence-electron chi connectivity index (χ0n) is 12.3. The van der Waals surface area contributed by atoms with E-state index in [1.165, 1.54) is 0 Å². The van der Waals surface area contributed by atoms with Gasteiger partial charge < -0.3 is 20.9 Å². The normalized spacial score (nSPS) is 23.8. The van der Waals surface area contributed by atoms with Crippen LogP contribution < -0.4 is 11.1 Å². The number of rotatable bonds is 8. The third-order valence-corrected chi connectivity index (χ3v) is 3.97. The summed E-state index contributed by atoms with van der Waals surface area (Å²) in [6.45, 7) is 5.33. The molecule has 6 heteroatoms. The Kier molecular flexibility index (Phi) is 6.95. The Hall–Kier alpha value is -1.14. The molecular formula is C14H26N2O4. The largest absolute Gasteiger partial charge is 0.481 e. The van der Waals surface area contributed by atoms with Crippen LogP contribution in [0.5, 0.6) is 0 Å². The quantitative estimate of drug-likeness (QED) is 0.606. The van der Waals surface area contributed by atoms with E-state index in [1.807, 2.05) is 0 Å². The first-order valence-electron chi connectivity index (χ1n) is 7.25. The van der Waals surface area contributed by atoms with Gasteiger partial charge in [0.1, 0.15) is 5.92 Å². The van der Waals surface area contributed by atoms with Crippen molar-refractivity contribution in [2.45, 2.75) is 39.2 Å². The van der Waals surface area contributed by atoms with Crippen molar-refractivity contribution in [3.63, 3.8) is 0 Å². The molecule has 1 fully saturated rings. The Balaban J connectivity index is 2.37. The molecule has 0 bridgehead atoms. The summed E-state index contributed by atoms with van der Waals surface area (Å²) in [5, 5.41) is 11.8. The number of aliphatic carboxylic acids is 1. The van der Waals surface area contributed by atoms with Gasteiger partial charge in [0.25, 0.3) is 0 Å². The third kappa shape index (κ3) is 5.09. The van der Waals surface area contributed by atoms with Crippen LogP contribution in [0.3, 0.4) is 0 Å². The number of carbonyl (C=O) groups excluding carboxylic acids is 1. The number of ether oxygens (including phenoxy) is 1. The Morgan fingerprint density at radius 1 is 1.35 bits per heavy atom. The van der Waals surface area contributed by atoms with E-state index >= 15 is 0 Å². The average Bonchev–Trinajstić information content (AvgIpc) is 2.82. The van der Waals surface area contributed by atoms with Crippen molar-refractivity contribution in [2.75, 3.05) is 19.8 Å². The van der Waals surface area contributed by atoms with Gasteiger partial charge in [-0.05, 0) is 31.2 Å². The number of hydrogen-bond acceptors (Lipinski definition) is 4. The molecule has 3 atom stereocenters. The molecule has 1 rings (SSSR count). The van der Waals surface area contributed by atoms with Crippen LogP contribution >= 0.6 is 0 Å². The molecule has 1 amide bonds. The number of nitrogens with two attached hydrogens (primary N) is 1. The van der Waals surface area contributed by atoms with Gasteiger partial charge in [-0.25, -0.2) is 0 Å². The van der Waals surface area contributed by atoms with Crippen LogP contribution in [0, 0.1) is 17.8 Å². The van der Waals surface area contributed by atoms with Gasteiger partial charge in [-0.15, -0.1) is 0 Å². The predicted molar refractivity (Wildman–Crippen MR) is 75.1 cm³/mol. The van der Waals surface area contributed by atoms with Gasteiger partial charge in [-0.2, -0.15) is 0 Å². The lowest BCUT2D eigenvalue weighted by Crippen LogP contribution is -2.42. The van der Waals surface area contributed by atoms with Gasteiger partial charge in [-0.1, -0.05) is 13.8 Å². The van der Waals surface area contributed by atoms with Crippen molar-refractivity contribution < 1.29 is 19.4 Å². The van der Waals surface area contributed by atoms with Crippen molar-refractivity contribution in [1.29, 1.82) is 0 Å². The van der Waals surface area contributed by atoms with Crippen molar-refractivity contribution >= 4 is 11.9 Å². The topological polar surface area (TPSA) is 102 Å². The first kappa shape index (κ1) is 16.9. The zero-order valence-corrected chi connectivity index (χ0v) is 12.3. The number of carbonyl (C=O) groups is 2. The number of hydrogen-bond donors (Lipinski definition) is 3. The summed E-state index contributed by atoms with van der Waals surface area (Å²) in [7, 11) is 0. The van der Waals surface area contributed by atoms with Gasteiger partial charge in [0, 0.05) is 6.42 Å². The maximum Gasteiger partial charge on any atom is 0.311 e. The lowest BCUT2D eigenvalue weighted by atomic mass is 9.88. The highest BCUT2D eigenvalue weighted by molar-refractivity contribution is 5.78. The fourth-order valence-electron chi connectivity index (χ4n) is 2.56. The van der Waals surface area contributed by atoms with E-state index in [0.717, 1.165) is 12.8 Å². The van der Waals surface area contributed by atoms with E-state index in [4.69, 9.17) is 15.6 Å². The second-order valence-corrected chi connectivity index (χ2v) is 5.78. The van der Waals surface area contributed by atoms with Crippen LogP contribution in [-0.2, 0) is 14.3 Å². The van der Waals surface area contributed by atoms with E-state index in [-0.39, 0.29) is 19.1 Å². The minimum Gasteiger partial charge on any atom is -0.481 e. The Labute approximate surface area is 120 Å². The zero-order chi connectivity index (χ0) is 15.1. The molecular weight excluding hydrogens is 260 g/mol. The van der Waals surface area contributed by atoms with Gasteiger partial charge >= 0.3 is 5.97 Å². The van der Waals surface area contributed by atoms with Crippen LogP contribution in [0.1, 0.15) is 33.1 Å². The molecule has 0 spiro atoms. The summed E-state index contributed by atoms with van der Waals surface area (Å²) >= 11 is 0. The van der Waals surface area contributed by atoms with Crippen LogP contribution in [0.25, 0.3) is 0 Å². The summed E-state index contributed by atoms with van der Waals surface area (Å²) in [6.07, 6.45) is 2.10. The van der Waals surface area contributed by atoms with E-state index in [2.05, 4.69) is 19.2 Å². The number of carboxylic acids is 1. The molecule has 0 aromatic rings. The van der Waals surface area contributed by atoms with Crippen molar-refractivity contribution in [2.24, 2.45) is 23.5 Å². The summed E-state index contributed by atoms with van der Waals surface area (Å²) < 4.78 is 5.12. The van der Waals surface area contributed by atoms with E-state index in [1.54, 1.807) is 0 Å². The first-order valence-corrected chi connectivity index (χ1v) is 7.25. The Morgan fingerprint density at radius 3 is 2.60 bits per heavy atom. The summed E-state index contributed by atoms with van der Waals surface area (Å²) in [4.78, 5) is 22.9. The SMILES string of the molecule is CC(C)C(CCN)CCC(=O)NC1COCC1C(=O)O. The summed E-state index contributed by atoms with van der Waals surface area (Å²) in [5.41, 5.74) is 5.57. The van der Waals surface area contributed by atoms with Gasteiger partial charge in [0.05, 0.1) is 19.3 Å². The molecule has 6 nitrogen and oxygen atoms in total. The molecule has 1 aliphatic rings. The fraction of sp³-hybridized carbons (Fsp3) is 0.857. The van der Waals surface area contributed by atoms with Gasteiger partial charge in [-0.3, -0.25) is 9.59 Å². The van der Waals surface area contributed by atoms with E-state index in [9.17, 15) is 9.59 Å². The summed E-state index contributed by atoms with van der Waals surface area (Å²) in [6, 6.07) is -0.410. The van der Waals surface area contributed by atoms with Crippen molar-refractivity contribution in [3.8, 4) is 0 Å². The summed E-state index contributed by atoms with van der Waals surface area (Å²) in [5.74, 6) is -0.733. The van der Waals surface area contributed by atoms with E-state index in [0.29, 0.717) is 24.8 Å². The van der Waals surface area contributed by atoms with Crippen molar-refractivity contribution in [1.82, 2.24) is 5.32 Å². The van der Waals surface area contributed by atoms with Gasteiger partial charge in [0.15, 0.2) is 0 Å². The number of nitrogens with one attached hydrogen (secondary N) is 1. The molecule has 3 unspecified atom stereocenters. The highest BCUT2D eigenvalue weighted by Gasteiger charge is 2.34. The maximum atomic E-state index is 11.9. The van der Waals surface area contributed by atoms with Crippen molar-refractivity contribution in [3.05, 3.63) is 0 Å². The lowest BCUT2D eigenvalue weighted by Gasteiger charge is -2.21. The smallest absolute Gasteiger partial charge is 0.311 e. The van der Waals surface area contributed by atoms with Crippen LogP contribution in [0.2, 0.25) is 0 Å². The predicted octanol–water partition coefficient (Wildman–Crippen LogP) is 0.603. The third-order valence-electron chi connectivity index (χ3n) is 3.97. The first-order chi connectivity index (χ1) is 9.45. The van der Waals surface area contributed by atoms with Gasteiger partial charge in [0.2, 0.25) is 5.91 Å². The molecule has 1 aliphatic heterocycles. The minimum atomic E-state index is -0.920. The second kappa shape index (κ2) is 8.21. The number of amides is 1. The monoisotopic (exact) mass is 286 g/mol. The molecule has 20 heavy (non-hydrogen) atoms. The molecule has 1 saturated heterocycles. The Bertz CT molecular complexity index is 333. The molecule has 0 aromatic carbocycles. The molecule has 0 aromatic heterocycles. The average molecular weight is 286 g/mol. The van der Waals surface area contributed by atoms with Crippen LogP contribution in [0.4, 0.5) is 0 Å². The fourth-order valence-corrected chi connectivity index (χ4v) is 2.56. The maximum absolute atomic E-state index is 11.9. The minimum absolute atomic E-state index is 0.102. The molecule has 0 aliphatic carbocycles. The highest BCUT2D eigenvalue weighted by atomic mass is 16.5. The molecule has 1 heterocycles. The number of carboxylic acid groups (broad SMARTS) is 1. The second-order valence-electron chi connectivity index (χ2n) is 5.78. The lowest BCUT2D eigenvalue weighted by molar-refractivity contribution is -0.142. The molecule has 0 radical (unpaired) electrons. The van der Waals surface area contributed by atoms with Crippen LogP contribution in [0.15, 0.2) is 0 Å². The highest BCUT2D eigenvalue weighted by Crippen LogP contribution is 2.21. The molecule has 4 N–H and O–H groups in total.